The second kappa shape index (κ2) is 10.7. The largest absolute Gasteiger partial charge is 0.463 e. The maximum Gasteiger partial charge on any atom is 0.331 e. The molecule has 94 valence electrons. The molecule has 0 unspecified atom stereocenters. The van der Waals surface area contributed by atoms with Crippen molar-refractivity contribution < 1.29 is 19.1 Å². The van der Waals surface area contributed by atoms with Crippen LogP contribution in [0.3, 0.4) is 0 Å². The summed E-state index contributed by atoms with van der Waals surface area (Å²) in [5, 5.41) is 0. The molecule has 0 bridgehead atoms. The number of hydrogen-bond donors (Lipinski definition) is 0. The number of ether oxygens (including phenoxy) is 2. The van der Waals surface area contributed by atoms with Crippen molar-refractivity contribution in [3.8, 4) is 12.3 Å². The van der Waals surface area contributed by atoms with Crippen molar-refractivity contribution in [1.29, 1.82) is 0 Å². The number of carbonyl (C=O) groups is 2. The van der Waals surface area contributed by atoms with E-state index < -0.39 is 11.9 Å². The van der Waals surface area contributed by atoms with Gasteiger partial charge in [0, 0.05) is 12.2 Å². The van der Waals surface area contributed by atoms with Crippen molar-refractivity contribution in [2.45, 2.75) is 32.6 Å². The third kappa shape index (κ3) is 10.5. The summed E-state index contributed by atoms with van der Waals surface area (Å²) in [6, 6.07) is 0. The highest BCUT2D eigenvalue weighted by atomic mass is 16.5. The Morgan fingerprint density at radius 3 is 2.35 bits per heavy atom. The Morgan fingerprint density at radius 1 is 1.12 bits per heavy atom. The number of terminal acetylenes is 1. The fourth-order valence-electron chi connectivity index (χ4n) is 1.05. The molecule has 17 heavy (non-hydrogen) atoms. The molecule has 0 aliphatic rings. The molecule has 0 aliphatic heterocycles. The Morgan fingerprint density at radius 2 is 1.76 bits per heavy atom. The number of carbonyl (C=O) groups excluding carboxylic acids is 2. The van der Waals surface area contributed by atoms with Crippen LogP contribution in [0.25, 0.3) is 0 Å². The van der Waals surface area contributed by atoms with Crippen LogP contribution in [0.15, 0.2) is 12.2 Å². The summed E-state index contributed by atoms with van der Waals surface area (Å²) >= 11 is 0. The first-order valence-electron chi connectivity index (χ1n) is 5.65. The maximum atomic E-state index is 11.1. The predicted octanol–water partition coefficient (Wildman–Crippen LogP) is 1.84. The number of hydrogen-bond acceptors (Lipinski definition) is 4. The van der Waals surface area contributed by atoms with Crippen LogP contribution < -0.4 is 0 Å². The summed E-state index contributed by atoms with van der Waals surface area (Å²) in [4.78, 5) is 22.0. The zero-order valence-electron chi connectivity index (χ0n) is 10.1. The van der Waals surface area contributed by atoms with E-state index in [1.807, 2.05) is 0 Å². The second-order valence-electron chi connectivity index (χ2n) is 3.37. The van der Waals surface area contributed by atoms with E-state index >= 15 is 0 Å². The highest BCUT2D eigenvalue weighted by Gasteiger charge is 1.99. The monoisotopic (exact) mass is 238 g/mol. The lowest BCUT2D eigenvalue weighted by Gasteiger charge is -2.00. The van der Waals surface area contributed by atoms with Crippen LogP contribution in [0.5, 0.6) is 0 Å². The molecular formula is C13H18O4. The molecule has 0 saturated heterocycles. The molecule has 0 saturated carbocycles. The number of unbranched alkanes of at least 4 members (excludes halogenated alkanes) is 3. The Bertz CT molecular complexity index is 299. The van der Waals surface area contributed by atoms with E-state index in [4.69, 9.17) is 11.2 Å². The average Bonchev–Trinajstić information content (AvgIpc) is 2.33. The molecule has 0 radical (unpaired) electrons. The van der Waals surface area contributed by atoms with Gasteiger partial charge in [-0.3, -0.25) is 0 Å². The van der Waals surface area contributed by atoms with E-state index in [-0.39, 0.29) is 6.61 Å². The first-order chi connectivity index (χ1) is 8.20. The van der Waals surface area contributed by atoms with Crippen molar-refractivity contribution in [2.24, 2.45) is 0 Å². The van der Waals surface area contributed by atoms with E-state index in [1.54, 1.807) is 0 Å². The van der Waals surface area contributed by atoms with Gasteiger partial charge in [0.2, 0.25) is 0 Å². The van der Waals surface area contributed by atoms with E-state index in [2.05, 4.69) is 17.6 Å². The van der Waals surface area contributed by atoms with Crippen LogP contribution in [0.2, 0.25) is 0 Å². The van der Waals surface area contributed by atoms with Gasteiger partial charge in [-0.25, -0.2) is 9.59 Å². The molecule has 0 heterocycles. The highest BCUT2D eigenvalue weighted by molar-refractivity contribution is 5.91. The van der Waals surface area contributed by atoms with Crippen molar-refractivity contribution in [3.05, 3.63) is 12.2 Å². The lowest BCUT2D eigenvalue weighted by molar-refractivity contribution is -0.140. The van der Waals surface area contributed by atoms with Crippen LogP contribution in [-0.2, 0) is 19.1 Å². The van der Waals surface area contributed by atoms with Crippen molar-refractivity contribution in [3.63, 3.8) is 0 Å². The zero-order valence-corrected chi connectivity index (χ0v) is 10.1. The van der Waals surface area contributed by atoms with Gasteiger partial charge in [-0.15, -0.1) is 6.42 Å². The van der Waals surface area contributed by atoms with Crippen LogP contribution >= 0.6 is 0 Å². The van der Waals surface area contributed by atoms with E-state index in [1.165, 1.54) is 0 Å². The van der Waals surface area contributed by atoms with Gasteiger partial charge in [-0.05, 0) is 6.42 Å². The lowest BCUT2D eigenvalue weighted by atomic mass is 10.2. The third-order valence-electron chi connectivity index (χ3n) is 1.90. The SMILES string of the molecule is C#CCOC(=O)/C=C/C(=O)OCCCCCC. The van der Waals surface area contributed by atoms with Crippen LogP contribution in [0, 0.1) is 12.3 Å². The second-order valence-corrected chi connectivity index (χ2v) is 3.37. The van der Waals surface area contributed by atoms with Crippen molar-refractivity contribution >= 4 is 11.9 Å². The Labute approximate surface area is 102 Å². The minimum Gasteiger partial charge on any atom is -0.463 e. The standard InChI is InChI=1S/C13H18O4/c1-3-5-6-7-11-17-13(15)9-8-12(14)16-10-4-2/h2,8-9H,3,5-7,10-11H2,1H3/b9-8+. The molecule has 4 nitrogen and oxygen atoms in total. The minimum absolute atomic E-state index is 0.102. The molecule has 0 rings (SSSR count). The predicted molar refractivity (Wildman–Crippen MR) is 64.0 cm³/mol. The topological polar surface area (TPSA) is 52.6 Å². The first kappa shape index (κ1) is 15.2. The maximum absolute atomic E-state index is 11.1. The fraction of sp³-hybridized carbons (Fsp3) is 0.538. The highest BCUT2D eigenvalue weighted by Crippen LogP contribution is 1.99. The molecule has 0 spiro atoms. The normalized spacial score (nSPS) is 9.88. The molecule has 0 aromatic carbocycles. The molecule has 0 atom stereocenters. The summed E-state index contributed by atoms with van der Waals surface area (Å²) in [6.07, 6.45) is 11.1. The fourth-order valence-corrected chi connectivity index (χ4v) is 1.05. The Hall–Kier alpha value is -1.76. The lowest BCUT2D eigenvalue weighted by Crippen LogP contribution is -2.05. The Kier molecular flexibility index (Phi) is 9.64. The molecule has 0 N–H and O–H groups in total. The van der Waals surface area contributed by atoms with Gasteiger partial charge >= 0.3 is 11.9 Å². The zero-order chi connectivity index (χ0) is 12.9. The van der Waals surface area contributed by atoms with Crippen LogP contribution in [-0.4, -0.2) is 25.2 Å². The van der Waals surface area contributed by atoms with Gasteiger partial charge in [-0.1, -0.05) is 32.1 Å². The van der Waals surface area contributed by atoms with E-state index in [9.17, 15) is 9.59 Å². The van der Waals surface area contributed by atoms with Crippen LogP contribution in [0.1, 0.15) is 32.6 Å². The molecule has 4 heteroatoms. The van der Waals surface area contributed by atoms with Gasteiger partial charge < -0.3 is 9.47 Å². The summed E-state index contributed by atoms with van der Waals surface area (Å²) in [5.41, 5.74) is 0. The molecular weight excluding hydrogens is 220 g/mol. The summed E-state index contributed by atoms with van der Waals surface area (Å²) < 4.78 is 9.40. The van der Waals surface area contributed by atoms with Gasteiger partial charge in [0.1, 0.15) is 0 Å². The first-order valence-corrected chi connectivity index (χ1v) is 5.65. The van der Waals surface area contributed by atoms with Gasteiger partial charge in [-0.2, -0.15) is 0 Å². The number of rotatable bonds is 8. The minimum atomic E-state index is -0.647. The van der Waals surface area contributed by atoms with Crippen molar-refractivity contribution in [1.82, 2.24) is 0 Å². The molecule has 0 aromatic rings. The van der Waals surface area contributed by atoms with Crippen LogP contribution in [0.4, 0.5) is 0 Å². The van der Waals surface area contributed by atoms with Gasteiger partial charge in [0.15, 0.2) is 6.61 Å². The summed E-state index contributed by atoms with van der Waals surface area (Å²) in [7, 11) is 0. The smallest absolute Gasteiger partial charge is 0.331 e. The molecule has 0 fully saturated rings. The Balaban J connectivity index is 3.60. The summed E-state index contributed by atoms with van der Waals surface area (Å²) in [5.74, 6) is 0.957. The van der Waals surface area contributed by atoms with Crippen molar-refractivity contribution in [2.75, 3.05) is 13.2 Å². The molecule has 0 aromatic heterocycles. The molecule has 0 aliphatic carbocycles. The van der Waals surface area contributed by atoms with E-state index in [0.29, 0.717) is 6.61 Å². The van der Waals surface area contributed by atoms with E-state index in [0.717, 1.165) is 37.8 Å². The van der Waals surface area contributed by atoms with Gasteiger partial charge in [0.25, 0.3) is 0 Å². The van der Waals surface area contributed by atoms with Gasteiger partial charge in [0.05, 0.1) is 6.61 Å². The summed E-state index contributed by atoms with van der Waals surface area (Å²) in [6.45, 7) is 2.38. The number of esters is 2. The quantitative estimate of drug-likeness (QED) is 0.280. The molecule has 0 amide bonds. The average molecular weight is 238 g/mol. The third-order valence-corrected chi connectivity index (χ3v) is 1.90.